The van der Waals surface area contributed by atoms with Gasteiger partial charge in [-0.05, 0) is 65.9 Å². The van der Waals surface area contributed by atoms with Gasteiger partial charge in [-0.3, -0.25) is 14.9 Å². The zero-order valence-electron chi connectivity index (χ0n) is 18.4. The smallest absolute Gasteiger partial charge is 0.335 e. The van der Waals surface area contributed by atoms with Gasteiger partial charge in [0.05, 0.1) is 5.69 Å². The monoisotopic (exact) mass is 461 g/mol. The van der Waals surface area contributed by atoms with Crippen molar-refractivity contribution in [1.29, 1.82) is 0 Å². The number of rotatable bonds is 6. The Balaban J connectivity index is 1.62. The Morgan fingerprint density at radius 3 is 2.36 bits per heavy atom. The highest BCUT2D eigenvalue weighted by Gasteiger charge is 2.37. The molecule has 0 saturated carbocycles. The normalized spacial score (nSPS) is 16.3. The molecule has 1 atom stereocenters. The molecule has 4 rings (SSSR count). The minimum absolute atomic E-state index is 0.100. The number of carbonyl (C=O) groups is 3. The minimum Gasteiger partial charge on any atom is -0.344 e. The van der Waals surface area contributed by atoms with Gasteiger partial charge in [0, 0.05) is 23.5 Å². The van der Waals surface area contributed by atoms with Crippen LogP contribution in [0.15, 0.2) is 72.4 Å². The Kier molecular flexibility index (Phi) is 6.47. The lowest BCUT2D eigenvalue weighted by molar-refractivity contribution is -0.122. The van der Waals surface area contributed by atoms with Crippen LogP contribution in [0.25, 0.3) is 6.08 Å². The summed E-state index contributed by atoms with van der Waals surface area (Å²) >= 11 is 5.96. The molecular formula is C26H24ClN3O3. The number of benzene rings is 2. The van der Waals surface area contributed by atoms with E-state index in [2.05, 4.69) is 19.2 Å². The van der Waals surface area contributed by atoms with E-state index in [0.717, 1.165) is 22.4 Å². The van der Waals surface area contributed by atoms with Gasteiger partial charge >= 0.3 is 6.03 Å². The van der Waals surface area contributed by atoms with E-state index in [1.165, 1.54) is 6.08 Å². The Labute approximate surface area is 197 Å². The van der Waals surface area contributed by atoms with Crippen LogP contribution in [0, 0.1) is 0 Å². The van der Waals surface area contributed by atoms with E-state index in [1.807, 2.05) is 59.3 Å². The second-order valence-corrected chi connectivity index (χ2v) is 8.48. The summed E-state index contributed by atoms with van der Waals surface area (Å²) in [6, 6.07) is 17.6. The average molecular weight is 462 g/mol. The lowest BCUT2D eigenvalue weighted by atomic mass is 9.98. The van der Waals surface area contributed by atoms with Crippen LogP contribution >= 0.6 is 11.6 Å². The van der Waals surface area contributed by atoms with Crippen LogP contribution in [0.2, 0.25) is 5.02 Å². The summed E-state index contributed by atoms with van der Waals surface area (Å²) < 4.78 is 1.92. The van der Waals surface area contributed by atoms with E-state index in [4.69, 9.17) is 11.6 Å². The van der Waals surface area contributed by atoms with Crippen LogP contribution in [-0.2, 0) is 16.1 Å². The van der Waals surface area contributed by atoms with Gasteiger partial charge in [0.1, 0.15) is 5.57 Å². The maximum absolute atomic E-state index is 13.2. The minimum atomic E-state index is -0.755. The lowest BCUT2D eigenvalue weighted by Crippen LogP contribution is -2.54. The summed E-state index contributed by atoms with van der Waals surface area (Å²) in [6.07, 6.45) is 4.36. The molecule has 33 heavy (non-hydrogen) atoms. The van der Waals surface area contributed by atoms with Crippen molar-refractivity contribution in [1.82, 2.24) is 9.88 Å². The van der Waals surface area contributed by atoms with Gasteiger partial charge in [-0.25, -0.2) is 9.69 Å². The second-order valence-electron chi connectivity index (χ2n) is 8.05. The molecule has 6 nitrogen and oxygen atoms in total. The van der Waals surface area contributed by atoms with Crippen molar-refractivity contribution in [3.05, 3.63) is 94.3 Å². The van der Waals surface area contributed by atoms with Gasteiger partial charge < -0.3 is 4.57 Å². The first-order valence-electron chi connectivity index (χ1n) is 10.8. The number of barbiturate groups is 1. The molecule has 1 aliphatic rings. The molecule has 0 spiro atoms. The highest BCUT2D eigenvalue weighted by atomic mass is 35.5. The molecule has 1 aliphatic heterocycles. The highest BCUT2D eigenvalue weighted by Crippen LogP contribution is 2.26. The number of carbonyl (C=O) groups excluding carboxylic acids is 3. The molecular weight excluding hydrogens is 438 g/mol. The maximum Gasteiger partial charge on any atom is 0.335 e. The molecule has 1 unspecified atom stereocenters. The third kappa shape index (κ3) is 4.76. The molecule has 0 aliphatic carbocycles. The number of amides is 4. The number of halogens is 1. The van der Waals surface area contributed by atoms with Crippen LogP contribution in [-0.4, -0.2) is 22.4 Å². The van der Waals surface area contributed by atoms with Gasteiger partial charge in [0.25, 0.3) is 11.8 Å². The first-order valence-corrected chi connectivity index (χ1v) is 11.2. The summed E-state index contributed by atoms with van der Waals surface area (Å²) in [4.78, 5) is 39.2. The van der Waals surface area contributed by atoms with Gasteiger partial charge in [-0.15, -0.1) is 0 Å². The van der Waals surface area contributed by atoms with Crippen LogP contribution in [0.3, 0.4) is 0 Å². The fourth-order valence-electron chi connectivity index (χ4n) is 3.72. The molecule has 0 radical (unpaired) electrons. The first kappa shape index (κ1) is 22.6. The number of nitrogens with one attached hydrogen (secondary N) is 1. The summed E-state index contributed by atoms with van der Waals surface area (Å²) in [5, 5.41) is 2.93. The lowest BCUT2D eigenvalue weighted by Gasteiger charge is -2.26. The van der Waals surface area contributed by atoms with Crippen molar-refractivity contribution in [2.45, 2.75) is 32.7 Å². The fourth-order valence-corrected chi connectivity index (χ4v) is 3.84. The van der Waals surface area contributed by atoms with Crippen molar-refractivity contribution in [3.8, 4) is 0 Å². The van der Waals surface area contributed by atoms with Crippen molar-refractivity contribution >= 4 is 41.2 Å². The standard InChI is InChI=1S/C26H24ClN3O3/c1-3-17(2)19-8-12-21(13-9-19)30-25(32)23(24(31)28-26(30)33)15-22-5-4-14-29(22)16-18-6-10-20(27)11-7-18/h4-15,17H,3,16H2,1-2H3,(H,28,31,33)/b23-15+. The molecule has 1 N–H and O–H groups in total. The number of urea groups is 1. The van der Waals surface area contributed by atoms with Gasteiger partial charge in [-0.1, -0.05) is 49.7 Å². The Morgan fingerprint density at radius 2 is 1.70 bits per heavy atom. The second kappa shape index (κ2) is 9.46. The molecule has 3 aromatic rings. The van der Waals surface area contributed by atoms with E-state index in [0.29, 0.717) is 28.9 Å². The third-order valence-electron chi connectivity index (χ3n) is 5.86. The van der Waals surface area contributed by atoms with E-state index < -0.39 is 17.8 Å². The molecule has 1 saturated heterocycles. The van der Waals surface area contributed by atoms with E-state index >= 15 is 0 Å². The number of aromatic nitrogens is 1. The number of hydrogen-bond acceptors (Lipinski definition) is 3. The molecule has 1 fully saturated rings. The van der Waals surface area contributed by atoms with Crippen molar-refractivity contribution in [2.24, 2.45) is 0 Å². The number of nitrogens with zero attached hydrogens (tertiary/aromatic N) is 2. The van der Waals surface area contributed by atoms with Crippen LogP contribution in [0.4, 0.5) is 10.5 Å². The molecule has 7 heteroatoms. The molecule has 0 bridgehead atoms. The van der Waals surface area contributed by atoms with Crippen molar-refractivity contribution in [2.75, 3.05) is 4.90 Å². The third-order valence-corrected chi connectivity index (χ3v) is 6.11. The summed E-state index contributed by atoms with van der Waals surface area (Å²) in [5.41, 5.74) is 3.13. The van der Waals surface area contributed by atoms with E-state index in [-0.39, 0.29) is 5.57 Å². The van der Waals surface area contributed by atoms with Crippen LogP contribution in [0.5, 0.6) is 0 Å². The molecule has 2 aromatic carbocycles. The topological polar surface area (TPSA) is 71.4 Å². The Bertz CT molecular complexity index is 1230. The Morgan fingerprint density at radius 1 is 1.00 bits per heavy atom. The largest absolute Gasteiger partial charge is 0.344 e. The predicted molar refractivity (Wildman–Crippen MR) is 129 cm³/mol. The molecule has 1 aromatic heterocycles. The number of anilines is 1. The predicted octanol–water partition coefficient (Wildman–Crippen LogP) is 5.37. The van der Waals surface area contributed by atoms with Crippen molar-refractivity contribution < 1.29 is 14.4 Å². The highest BCUT2D eigenvalue weighted by molar-refractivity contribution is 6.39. The number of imide groups is 2. The molecule has 4 amide bonds. The Hall–Kier alpha value is -3.64. The first-order chi connectivity index (χ1) is 15.9. The van der Waals surface area contributed by atoms with Gasteiger partial charge in [-0.2, -0.15) is 0 Å². The quantitative estimate of drug-likeness (QED) is 0.396. The maximum atomic E-state index is 13.2. The molecule has 2 heterocycles. The van der Waals surface area contributed by atoms with Crippen LogP contribution in [0.1, 0.15) is 43.0 Å². The summed E-state index contributed by atoms with van der Waals surface area (Å²) in [5.74, 6) is -0.994. The van der Waals surface area contributed by atoms with E-state index in [1.54, 1.807) is 12.1 Å². The van der Waals surface area contributed by atoms with Gasteiger partial charge in [0.15, 0.2) is 0 Å². The SMILES string of the molecule is CCC(C)c1ccc(N2C(=O)NC(=O)/C(=C\c3cccn3Cc3ccc(Cl)cc3)C2=O)cc1. The fraction of sp³-hybridized carbons (Fsp3) is 0.192. The zero-order chi connectivity index (χ0) is 23.5. The van der Waals surface area contributed by atoms with Crippen LogP contribution < -0.4 is 10.2 Å². The zero-order valence-corrected chi connectivity index (χ0v) is 19.2. The summed E-state index contributed by atoms with van der Waals surface area (Å²) in [7, 11) is 0. The average Bonchev–Trinajstić information content (AvgIpc) is 3.24. The van der Waals surface area contributed by atoms with E-state index in [9.17, 15) is 14.4 Å². The van der Waals surface area contributed by atoms with Crippen molar-refractivity contribution in [3.63, 3.8) is 0 Å². The van der Waals surface area contributed by atoms with Gasteiger partial charge in [0.2, 0.25) is 0 Å². The summed E-state index contributed by atoms with van der Waals surface area (Å²) in [6.45, 7) is 4.76. The molecule has 168 valence electrons. The number of hydrogen-bond donors (Lipinski definition) is 1.